The molecule has 1 rings (SSSR count). The molecule has 0 aliphatic carbocycles. The molecule has 0 bridgehead atoms. The van der Waals surface area contributed by atoms with Gasteiger partial charge in [0, 0.05) is 8.95 Å². The average molecular weight is 609 g/mol. The molecule has 1 aromatic carbocycles. The summed E-state index contributed by atoms with van der Waals surface area (Å²) in [5, 5.41) is 0. The van der Waals surface area contributed by atoms with Gasteiger partial charge in [0.2, 0.25) is 16.6 Å². The van der Waals surface area contributed by atoms with E-state index in [1.165, 1.54) is 11.1 Å². The van der Waals surface area contributed by atoms with E-state index in [0.29, 0.717) is 46.5 Å². The van der Waals surface area contributed by atoms with E-state index in [9.17, 15) is 0 Å². The first-order valence-corrected chi connectivity index (χ1v) is 18.3. The highest BCUT2D eigenvalue weighted by Gasteiger charge is 2.46. The Morgan fingerprint density at radius 3 is 0.938 bits per heavy atom. The minimum Gasteiger partial charge on any atom is -0.412 e. The lowest BCUT2D eigenvalue weighted by Gasteiger charge is -2.42. The highest BCUT2D eigenvalue weighted by molar-refractivity contribution is 9.11. The van der Waals surface area contributed by atoms with Crippen molar-refractivity contribution < 1.29 is 8.85 Å². The van der Waals surface area contributed by atoms with Crippen LogP contribution in [-0.2, 0) is 22.1 Å². The van der Waals surface area contributed by atoms with Crippen molar-refractivity contribution in [2.24, 2.45) is 0 Å². The fourth-order valence-electron chi connectivity index (χ4n) is 6.26. The molecule has 0 amide bonds. The van der Waals surface area contributed by atoms with E-state index in [1.807, 2.05) is 0 Å². The summed E-state index contributed by atoms with van der Waals surface area (Å²) in [7, 11) is -3.79. The fourth-order valence-corrected chi connectivity index (χ4v) is 18.1. The quantitative estimate of drug-likeness (QED) is 0.220. The molecule has 0 heterocycles. The Balaban J connectivity index is 3.15. The molecule has 0 radical (unpaired) electrons. The molecule has 0 atom stereocenters. The lowest BCUT2D eigenvalue weighted by Crippen LogP contribution is -2.47. The molecular weight excluding hydrogens is 560 g/mol. The standard InChI is InChI=1S/C26H48Br2O2Si2/c1-17(2)31(18(3)4,19(5)6)29-15-23-13-26(28)24(14-25(23)27)16-30-32(20(7)8,21(9)10)22(11)12/h13-14,17-22H,15-16H2,1-12H3. The molecule has 2 nitrogen and oxygen atoms in total. The van der Waals surface area contributed by atoms with E-state index < -0.39 is 16.6 Å². The number of halogens is 2. The summed E-state index contributed by atoms with van der Waals surface area (Å²) >= 11 is 7.68. The zero-order valence-corrected chi connectivity index (χ0v) is 27.8. The predicted molar refractivity (Wildman–Crippen MR) is 154 cm³/mol. The van der Waals surface area contributed by atoms with Crippen molar-refractivity contribution >= 4 is 48.5 Å². The lowest BCUT2D eigenvalue weighted by atomic mass is 10.1. The number of benzene rings is 1. The van der Waals surface area contributed by atoms with Gasteiger partial charge in [-0.05, 0) is 56.5 Å². The van der Waals surface area contributed by atoms with Crippen LogP contribution in [0.5, 0.6) is 0 Å². The van der Waals surface area contributed by atoms with Crippen molar-refractivity contribution in [2.75, 3.05) is 0 Å². The molecule has 186 valence electrons. The predicted octanol–water partition coefficient (Wildman–Crippen LogP) is 10.6. The van der Waals surface area contributed by atoms with Crippen LogP contribution in [0.4, 0.5) is 0 Å². The molecule has 32 heavy (non-hydrogen) atoms. The smallest absolute Gasteiger partial charge is 0.200 e. The first-order valence-electron chi connectivity index (χ1n) is 12.4. The summed E-state index contributed by atoms with van der Waals surface area (Å²) in [6.45, 7) is 29.4. The maximum Gasteiger partial charge on any atom is 0.200 e. The van der Waals surface area contributed by atoms with Crippen molar-refractivity contribution in [3.8, 4) is 0 Å². The second-order valence-electron chi connectivity index (χ2n) is 11.2. The van der Waals surface area contributed by atoms with Gasteiger partial charge in [-0.1, -0.05) is 115 Å². The minimum absolute atomic E-state index is 0.582. The van der Waals surface area contributed by atoms with Crippen LogP contribution in [0.25, 0.3) is 0 Å². The Labute approximate surface area is 218 Å². The molecule has 0 aromatic heterocycles. The number of hydrogen-bond donors (Lipinski definition) is 0. The molecule has 0 N–H and O–H groups in total. The van der Waals surface area contributed by atoms with Gasteiger partial charge in [0.1, 0.15) is 0 Å². The second kappa shape index (κ2) is 12.5. The second-order valence-corrected chi connectivity index (χ2v) is 23.9. The fraction of sp³-hybridized carbons (Fsp3) is 0.769. The zero-order chi connectivity index (χ0) is 25.0. The Kier molecular flexibility index (Phi) is 11.9. The van der Waals surface area contributed by atoms with Crippen LogP contribution >= 0.6 is 31.9 Å². The van der Waals surface area contributed by atoms with Gasteiger partial charge in [-0.2, -0.15) is 0 Å². The molecular formula is C26H48Br2O2Si2. The summed E-state index contributed by atoms with van der Waals surface area (Å²) in [6.07, 6.45) is 0. The molecule has 0 saturated carbocycles. The summed E-state index contributed by atoms with van der Waals surface area (Å²) in [4.78, 5) is 0. The maximum absolute atomic E-state index is 6.85. The van der Waals surface area contributed by atoms with Crippen LogP contribution in [0.15, 0.2) is 21.1 Å². The summed E-state index contributed by atoms with van der Waals surface area (Å²) in [5.41, 5.74) is 5.91. The maximum atomic E-state index is 6.85. The van der Waals surface area contributed by atoms with Crippen LogP contribution in [0.2, 0.25) is 33.2 Å². The van der Waals surface area contributed by atoms with Gasteiger partial charge in [-0.15, -0.1) is 0 Å². The third-order valence-corrected chi connectivity index (χ3v) is 21.2. The Bertz CT molecular complexity index is 625. The van der Waals surface area contributed by atoms with E-state index in [-0.39, 0.29) is 0 Å². The molecule has 0 fully saturated rings. The van der Waals surface area contributed by atoms with E-state index in [2.05, 4.69) is 127 Å². The average Bonchev–Trinajstić information content (AvgIpc) is 2.64. The molecule has 1 aromatic rings. The van der Waals surface area contributed by atoms with Crippen LogP contribution < -0.4 is 0 Å². The topological polar surface area (TPSA) is 18.5 Å². The first kappa shape index (κ1) is 30.6. The van der Waals surface area contributed by atoms with Crippen LogP contribution in [0.3, 0.4) is 0 Å². The van der Waals surface area contributed by atoms with Crippen LogP contribution in [0, 0.1) is 0 Å². The van der Waals surface area contributed by atoms with E-state index in [0.717, 1.165) is 8.95 Å². The van der Waals surface area contributed by atoms with Crippen molar-refractivity contribution in [1.82, 2.24) is 0 Å². The van der Waals surface area contributed by atoms with Crippen LogP contribution in [-0.4, -0.2) is 16.6 Å². The van der Waals surface area contributed by atoms with Gasteiger partial charge in [0.15, 0.2) is 0 Å². The Morgan fingerprint density at radius 2 is 0.750 bits per heavy atom. The summed E-state index contributed by atoms with van der Waals surface area (Å²) in [6, 6.07) is 4.46. The normalized spacial score (nSPS) is 13.6. The lowest BCUT2D eigenvalue weighted by molar-refractivity contribution is 0.262. The van der Waals surface area contributed by atoms with Crippen molar-refractivity contribution in [1.29, 1.82) is 0 Å². The molecule has 0 aliphatic rings. The highest BCUT2D eigenvalue weighted by atomic mass is 79.9. The molecule has 0 saturated heterocycles. The summed E-state index contributed by atoms with van der Waals surface area (Å²) in [5.74, 6) is 0. The van der Waals surface area contributed by atoms with E-state index >= 15 is 0 Å². The largest absolute Gasteiger partial charge is 0.412 e. The van der Waals surface area contributed by atoms with E-state index in [4.69, 9.17) is 8.85 Å². The molecule has 6 heteroatoms. The molecule has 0 spiro atoms. The van der Waals surface area contributed by atoms with E-state index in [1.54, 1.807) is 0 Å². The van der Waals surface area contributed by atoms with Crippen molar-refractivity contribution in [2.45, 2.75) is 130 Å². The first-order chi connectivity index (χ1) is 14.6. The van der Waals surface area contributed by atoms with Gasteiger partial charge >= 0.3 is 0 Å². The number of rotatable bonds is 12. The SMILES string of the molecule is CC(C)[Si](OCc1cc(Br)c(CO[Si](C(C)C)(C(C)C)C(C)C)cc1Br)(C(C)C)C(C)C. The van der Waals surface area contributed by atoms with Gasteiger partial charge in [0.05, 0.1) is 13.2 Å². The monoisotopic (exact) mass is 606 g/mol. The van der Waals surface area contributed by atoms with Gasteiger partial charge in [-0.25, -0.2) is 0 Å². The van der Waals surface area contributed by atoms with Crippen LogP contribution in [0.1, 0.15) is 94.2 Å². The minimum atomic E-state index is -1.90. The Morgan fingerprint density at radius 1 is 0.531 bits per heavy atom. The zero-order valence-electron chi connectivity index (χ0n) is 22.6. The molecule has 0 aliphatic heterocycles. The van der Waals surface area contributed by atoms with Gasteiger partial charge in [0.25, 0.3) is 0 Å². The molecule has 0 unspecified atom stereocenters. The highest BCUT2D eigenvalue weighted by Crippen LogP contribution is 2.44. The number of hydrogen-bond acceptors (Lipinski definition) is 2. The van der Waals surface area contributed by atoms with Gasteiger partial charge < -0.3 is 8.85 Å². The van der Waals surface area contributed by atoms with Gasteiger partial charge in [-0.3, -0.25) is 0 Å². The summed E-state index contributed by atoms with van der Waals surface area (Å²) < 4.78 is 15.9. The van der Waals surface area contributed by atoms with Crippen molar-refractivity contribution in [3.05, 3.63) is 32.2 Å². The third-order valence-electron chi connectivity index (χ3n) is 7.58. The third kappa shape index (κ3) is 6.40. The van der Waals surface area contributed by atoms with Crippen molar-refractivity contribution in [3.63, 3.8) is 0 Å². The Hall–Kier alpha value is 0.534.